The Hall–Kier alpha value is -3.13. The number of pyridine rings is 1. The number of fused-ring (bicyclic) bond motifs is 3. The molecule has 0 radical (unpaired) electrons. The van der Waals surface area contributed by atoms with Gasteiger partial charge in [0, 0.05) is 14.0 Å². The molecular weight excluding hydrogens is 330 g/mol. The minimum atomic E-state index is -2.75. The lowest BCUT2D eigenvalue weighted by atomic mass is 10.2. The Kier molecular flexibility index (Phi) is 2.57. The Morgan fingerprint density at radius 3 is 3.21 bits per heavy atom. The minimum absolute atomic E-state index is 0.0479. The zero-order valence-electron chi connectivity index (χ0n) is 16.0. The third-order valence-electron chi connectivity index (χ3n) is 3.17. The molecule has 4 rings (SSSR count). The number of amides is 1. The highest BCUT2D eigenvalue weighted by Crippen LogP contribution is 2.16. The van der Waals surface area contributed by atoms with Gasteiger partial charge in [-0.25, -0.2) is 9.97 Å². The number of benzene rings is 1. The van der Waals surface area contributed by atoms with Crippen molar-refractivity contribution in [3.05, 3.63) is 53.3 Å². The van der Waals surface area contributed by atoms with Gasteiger partial charge in [-0.05, 0) is 35.5 Å². The summed E-state index contributed by atoms with van der Waals surface area (Å²) in [4.78, 5) is 20.9. The van der Waals surface area contributed by atoms with Gasteiger partial charge < -0.3 is 5.31 Å². The first-order valence-corrected chi connectivity index (χ1v) is 7.19. The minimum Gasteiger partial charge on any atom is -0.310 e. The van der Waals surface area contributed by atoms with E-state index in [1.807, 2.05) is 0 Å². The van der Waals surface area contributed by atoms with Crippen molar-refractivity contribution in [2.75, 3.05) is 5.31 Å². The summed E-state index contributed by atoms with van der Waals surface area (Å²) in [6, 6.07) is 9.25. The molecule has 3 heterocycles. The molecule has 24 heavy (non-hydrogen) atoms. The molecule has 4 aromatic rings. The van der Waals surface area contributed by atoms with Gasteiger partial charge in [-0.15, -0.1) is 0 Å². The number of anilines is 1. The van der Waals surface area contributed by atoms with E-state index in [2.05, 4.69) is 20.3 Å². The van der Waals surface area contributed by atoms with Gasteiger partial charge in [-0.2, -0.15) is 0 Å². The van der Waals surface area contributed by atoms with E-state index in [1.165, 1.54) is 22.8 Å². The third kappa shape index (κ3) is 2.63. The number of aromatic amines is 1. The predicted molar refractivity (Wildman–Crippen MR) is 86.4 cm³/mol. The summed E-state index contributed by atoms with van der Waals surface area (Å²) in [5, 5.41) is 8.88. The highest BCUT2D eigenvalue weighted by atomic mass is 35.5. The summed E-state index contributed by atoms with van der Waals surface area (Å²) in [5.41, 5.74) is 0.167. The normalized spacial score (nSPS) is 14.0. The van der Waals surface area contributed by atoms with Crippen LogP contribution in [-0.4, -0.2) is 31.4 Å². The van der Waals surface area contributed by atoms with Crippen LogP contribution in [-0.2, 0) is 11.2 Å². The van der Waals surface area contributed by atoms with Crippen molar-refractivity contribution in [3.63, 3.8) is 0 Å². The van der Waals surface area contributed by atoms with Gasteiger partial charge in [0.2, 0.25) is 5.91 Å². The van der Waals surface area contributed by atoms with Crippen LogP contribution < -0.4 is 9.83 Å². The lowest BCUT2D eigenvalue weighted by molar-refractivity contribution is -0.554. The van der Waals surface area contributed by atoms with Gasteiger partial charge in [-0.1, -0.05) is 22.2 Å². The number of hydrogen-bond donors (Lipinski definition) is 2. The van der Waals surface area contributed by atoms with E-state index in [-0.39, 0.29) is 22.7 Å². The number of aromatic nitrogens is 6. The monoisotopic (exact) mass is 344 g/mol. The number of hydrogen-bond acceptors (Lipinski definition) is 5. The first-order chi connectivity index (χ1) is 13.3. The van der Waals surface area contributed by atoms with Gasteiger partial charge in [0.1, 0.15) is 17.0 Å². The van der Waals surface area contributed by atoms with Crippen molar-refractivity contribution in [2.45, 2.75) is 6.37 Å². The van der Waals surface area contributed by atoms with E-state index in [9.17, 15) is 4.79 Å². The number of halogens is 1. The van der Waals surface area contributed by atoms with Crippen LogP contribution in [0.3, 0.4) is 0 Å². The summed E-state index contributed by atoms with van der Waals surface area (Å²) in [7, 11) is 0. The second kappa shape index (κ2) is 5.82. The fourth-order valence-corrected chi connectivity index (χ4v) is 2.34. The Bertz CT molecular complexity index is 1220. The summed E-state index contributed by atoms with van der Waals surface area (Å²) < 4.78 is 33.5. The van der Waals surface area contributed by atoms with Crippen molar-refractivity contribution in [3.8, 4) is 0 Å². The number of carbonyl (C=O) groups excluding carboxylic acids is 1. The molecular formula is C15H11ClN7O+. The molecule has 1 amide bonds. The molecule has 0 bridgehead atoms. The molecule has 0 spiro atoms. The van der Waals surface area contributed by atoms with E-state index in [4.69, 9.17) is 17.2 Å². The van der Waals surface area contributed by atoms with Crippen molar-refractivity contribution < 1.29 is 14.9 Å². The maximum Gasteiger partial charge on any atom is 0.349 e. The fraction of sp³-hybridized carbons (Fsp3) is 0.0667. The third-order valence-corrected chi connectivity index (χ3v) is 3.41. The van der Waals surface area contributed by atoms with E-state index < -0.39 is 12.3 Å². The SMILES string of the molecule is [2H]N(C(=O)C([2H])([2H])c1nc2cc(Cl)ccc2[n+]2nn([2H])nc12)c1ccccn1. The average Bonchev–Trinajstić information content (AvgIpc) is 3.07. The smallest absolute Gasteiger partial charge is 0.310 e. The number of nitrogens with one attached hydrogen (secondary N) is 2. The molecule has 2 N–H and O–H groups in total. The van der Waals surface area contributed by atoms with E-state index >= 15 is 0 Å². The maximum atomic E-state index is 12.8. The highest BCUT2D eigenvalue weighted by Gasteiger charge is 2.20. The molecule has 0 aliphatic heterocycles. The topological polar surface area (TPSA) is 101 Å². The summed E-state index contributed by atoms with van der Waals surface area (Å²) in [5.74, 6) is -1.27. The quantitative estimate of drug-likeness (QED) is 0.546. The van der Waals surface area contributed by atoms with Gasteiger partial charge in [0.15, 0.2) is 6.93 Å². The summed E-state index contributed by atoms with van der Waals surface area (Å²) in [6.07, 6.45) is -1.37. The Balaban J connectivity index is 1.91. The molecule has 118 valence electrons. The van der Waals surface area contributed by atoms with Crippen molar-refractivity contribution >= 4 is 40.0 Å². The maximum absolute atomic E-state index is 12.8. The molecule has 0 unspecified atom stereocenters. The largest absolute Gasteiger partial charge is 0.349 e. The molecule has 9 heteroatoms. The molecule has 0 aliphatic carbocycles. The van der Waals surface area contributed by atoms with E-state index in [0.29, 0.717) is 21.1 Å². The standard InChI is InChI=1S/C15H10ClN7O/c16-9-4-5-12-10(7-9)18-11(15-20-21-22-23(12)15)8-14(24)19-13-3-1-2-6-17-13/h1-7H,8H2,(H,17,19,24)/p+1/i8D2/hD2. The van der Waals surface area contributed by atoms with Crippen LogP contribution in [0, 0.1) is 0 Å². The second-order valence-electron chi connectivity index (χ2n) is 4.74. The highest BCUT2D eigenvalue weighted by molar-refractivity contribution is 6.31. The van der Waals surface area contributed by atoms with Gasteiger partial charge >= 0.3 is 7.06 Å². The van der Waals surface area contributed by atoms with E-state index in [0.717, 1.165) is 0 Å². The Labute approximate surface area is 146 Å². The first-order valence-electron chi connectivity index (χ1n) is 8.71. The zero-order valence-corrected chi connectivity index (χ0v) is 12.7. The average molecular weight is 345 g/mol. The van der Waals surface area contributed by atoms with Crippen LogP contribution >= 0.6 is 11.6 Å². The molecule has 0 aliphatic rings. The van der Waals surface area contributed by atoms with Crippen LogP contribution in [0.1, 0.15) is 8.44 Å². The van der Waals surface area contributed by atoms with Gasteiger partial charge in [0.05, 0.1) is 16.7 Å². The number of H-pyrrole nitrogens is 1. The fourth-order valence-electron chi connectivity index (χ4n) is 2.17. The Morgan fingerprint density at radius 2 is 2.38 bits per heavy atom. The van der Waals surface area contributed by atoms with Crippen molar-refractivity contribution in [2.24, 2.45) is 0 Å². The number of tetrazole rings is 1. The molecule has 0 saturated heterocycles. The number of nitrogens with zero attached hydrogens (tertiary/aromatic N) is 5. The van der Waals surface area contributed by atoms with Crippen LogP contribution in [0.4, 0.5) is 5.82 Å². The van der Waals surface area contributed by atoms with Crippen molar-refractivity contribution in [1.29, 1.82) is 0 Å². The molecule has 0 atom stereocenters. The van der Waals surface area contributed by atoms with Gasteiger partial charge in [0.25, 0.3) is 0 Å². The van der Waals surface area contributed by atoms with Crippen molar-refractivity contribution in [1.82, 2.24) is 25.5 Å². The van der Waals surface area contributed by atoms with Crippen LogP contribution in [0.2, 0.25) is 7.85 Å². The van der Waals surface area contributed by atoms with Crippen LogP contribution in [0.25, 0.3) is 16.7 Å². The first kappa shape index (κ1) is 10.6. The van der Waals surface area contributed by atoms with Crippen LogP contribution in [0.15, 0.2) is 42.6 Å². The number of carbonyl (C=O) groups is 1. The van der Waals surface area contributed by atoms with Crippen LogP contribution in [0.5, 0.6) is 0 Å². The molecule has 0 saturated carbocycles. The molecule has 0 fully saturated rings. The molecule has 8 nitrogen and oxygen atoms in total. The predicted octanol–water partition coefficient (Wildman–Crippen LogP) is 1.32. The summed E-state index contributed by atoms with van der Waals surface area (Å²) >= 11 is 6.00. The van der Waals surface area contributed by atoms with Gasteiger partial charge in [-0.3, -0.25) is 4.79 Å². The molecule has 1 aromatic carbocycles. The second-order valence-corrected chi connectivity index (χ2v) is 5.17. The van der Waals surface area contributed by atoms with E-state index in [1.54, 1.807) is 24.3 Å². The lowest BCUT2D eigenvalue weighted by Gasteiger charge is -2.04. The zero-order chi connectivity index (χ0) is 20.1. The molecule has 3 aromatic heterocycles. The Morgan fingerprint density at radius 1 is 1.46 bits per heavy atom. The summed E-state index contributed by atoms with van der Waals surface area (Å²) in [6.45, 7) is 0. The lowest BCUT2D eigenvalue weighted by Crippen LogP contribution is -2.28. The number of rotatable bonds is 3.